The zero-order valence-electron chi connectivity index (χ0n) is 10.8. The van der Waals surface area contributed by atoms with Gasteiger partial charge < -0.3 is 9.67 Å². The van der Waals surface area contributed by atoms with Gasteiger partial charge in [-0.25, -0.2) is 4.79 Å². The molecule has 0 fully saturated rings. The molecule has 0 bridgehead atoms. The largest absolute Gasteiger partial charge is 0.478 e. The Balaban J connectivity index is 2.68. The van der Waals surface area contributed by atoms with Crippen LogP contribution < -0.4 is 0 Å². The molecule has 20 heavy (non-hydrogen) atoms. The molecule has 106 valence electrons. The first-order chi connectivity index (χ1) is 9.21. The first kappa shape index (κ1) is 14.2. The van der Waals surface area contributed by atoms with Gasteiger partial charge in [0.05, 0.1) is 16.8 Å². The molecule has 1 aromatic carbocycles. The van der Waals surface area contributed by atoms with E-state index in [1.54, 1.807) is 13.0 Å². The van der Waals surface area contributed by atoms with E-state index < -0.39 is 17.7 Å². The lowest BCUT2D eigenvalue weighted by molar-refractivity contribution is -0.137. The zero-order valence-corrected chi connectivity index (χ0v) is 10.8. The molecule has 1 heterocycles. The van der Waals surface area contributed by atoms with Crippen molar-refractivity contribution in [3.8, 4) is 5.69 Å². The van der Waals surface area contributed by atoms with Crippen molar-refractivity contribution in [1.82, 2.24) is 4.57 Å². The average Bonchev–Trinajstić information content (AvgIpc) is 2.70. The summed E-state index contributed by atoms with van der Waals surface area (Å²) in [6.45, 7) is 3.05. The second-order valence-corrected chi connectivity index (χ2v) is 4.51. The fourth-order valence-corrected chi connectivity index (χ4v) is 2.09. The Bertz CT molecular complexity index is 672. The Morgan fingerprint density at radius 2 is 1.85 bits per heavy atom. The standard InChI is InChI=1S/C14H12F3NO2/c1-8-3-4-12(11(7-8)14(15,16)17)18-6-5-10(9(18)2)13(19)20/h3-7H,1-2H3,(H,19,20). The van der Waals surface area contributed by atoms with Crippen LogP contribution in [0.5, 0.6) is 0 Å². The van der Waals surface area contributed by atoms with Gasteiger partial charge in [-0.15, -0.1) is 0 Å². The molecule has 2 aromatic rings. The van der Waals surface area contributed by atoms with Crippen molar-refractivity contribution < 1.29 is 23.1 Å². The number of nitrogens with zero attached hydrogens (tertiary/aromatic N) is 1. The quantitative estimate of drug-likeness (QED) is 0.910. The Kier molecular flexibility index (Phi) is 3.33. The first-order valence-corrected chi connectivity index (χ1v) is 5.81. The summed E-state index contributed by atoms with van der Waals surface area (Å²) in [5.41, 5.74) is -0.129. The number of aromatic carboxylic acids is 1. The Labute approximate surface area is 113 Å². The number of aromatic nitrogens is 1. The Hall–Kier alpha value is -2.24. The van der Waals surface area contributed by atoms with E-state index in [0.717, 1.165) is 6.07 Å². The fraction of sp³-hybridized carbons (Fsp3) is 0.214. The fourth-order valence-electron chi connectivity index (χ4n) is 2.09. The minimum Gasteiger partial charge on any atom is -0.478 e. The van der Waals surface area contributed by atoms with Gasteiger partial charge in [0.25, 0.3) is 0 Å². The van der Waals surface area contributed by atoms with Crippen molar-refractivity contribution in [2.45, 2.75) is 20.0 Å². The Morgan fingerprint density at radius 3 is 2.35 bits per heavy atom. The highest BCUT2D eigenvalue weighted by Gasteiger charge is 2.34. The van der Waals surface area contributed by atoms with Crippen molar-refractivity contribution in [2.24, 2.45) is 0 Å². The third kappa shape index (κ3) is 2.41. The number of halogens is 3. The lowest BCUT2D eigenvalue weighted by Crippen LogP contribution is -2.12. The normalized spacial score (nSPS) is 11.7. The van der Waals surface area contributed by atoms with E-state index in [4.69, 9.17) is 5.11 Å². The summed E-state index contributed by atoms with van der Waals surface area (Å²) in [7, 11) is 0. The molecule has 0 aliphatic carbocycles. The smallest absolute Gasteiger partial charge is 0.418 e. The lowest BCUT2D eigenvalue weighted by atomic mass is 10.1. The Morgan fingerprint density at radius 1 is 1.20 bits per heavy atom. The van der Waals surface area contributed by atoms with Gasteiger partial charge in [0.2, 0.25) is 0 Å². The molecule has 1 N–H and O–H groups in total. The molecule has 1 aromatic heterocycles. The van der Waals surface area contributed by atoms with E-state index in [1.165, 1.54) is 29.8 Å². The molecule has 0 aliphatic rings. The van der Waals surface area contributed by atoms with Crippen molar-refractivity contribution >= 4 is 5.97 Å². The summed E-state index contributed by atoms with van der Waals surface area (Å²) < 4.78 is 40.5. The molecule has 0 amide bonds. The summed E-state index contributed by atoms with van der Waals surface area (Å²) in [6, 6.07) is 5.24. The zero-order chi connectivity index (χ0) is 15.1. The second-order valence-electron chi connectivity index (χ2n) is 4.51. The van der Waals surface area contributed by atoms with Crippen LogP contribution >= 0.6 is 0 Å². The number of hydrogen-bond acceptors (Lipinski definition) is 1. The van der Waals surface area contributed by atoms with Crippen LogP contribution in [0, 0.1) is 13.8 Å². The molecule has 6 heteroatoms. The van der Waals surface area contributed by atoms with Gasteiger partial charge in [0.1, 0.15) is 0 Å². The van der Waals surface area contributed by atoms with Gasteiger partial charge in [-0.05, 0) is 32.0 Å². The van der Waals surface area contributed by atoms with E-state index in [2.05, 4.69) is 0 Å². The first-order valence-electron chi connectivity index (χ1n) is 5.81. The van der Waals surface area contributed by atoms with Crippen molar-refractivity contribution in [1.29, 1.82) is 0 Å². The van der Waals surface area contributed by atoms with Crippen molar-refractivity contribution in [3.63, 3.8) is 0 Å². The summed E-state index contributed by atoms with van der Waals surface area (Å²) >= 11 is 0. The van der Waals surface area contributed by atoms with Crippen LogP contribution in [0.15, 0.2) is 30.5 Å². The molecule has 0 aliphatic heterocycles. The van der Waals surface area contributed by atoms with Gasteiger partial charge in [0, 0.05) is 11.9 Å². The number of hydrogen-bond donors (Lipinski definition) is 1. The number of carboxylic acids is 1. The predicted molar refractivity (Wildman–Crippen MR) is 67.2 cm³/mol. The van der Waals surface area contributed by atoms with E-state index in [9.17, 15) is 18.0 Å². The monoisotopic (exact) mass is 283 g/mol. The van der Waals surface area contributed by atoms with Crippen LogP contribution in [0.1, 0.15) is 27.2 Å². The summed E-state index contributed by atoms with van der Waals surface area (Å²) in [6.07, 6.45) is -3.17. The number of rotatable bonds is 2. The van der Waals surface area contributed by atoms with Gasteiger partial charge in [0.15, 0.2) is 0 Å². The van der Waals surface area contributed by atoms with E-state index in [1.807, 2.05) is 0 Å². The molecule has 0 radical (unpaired) electrons. The van der Waals surface area contributed by atoms with Gasteiger partial charge in [-0.1, -0.05) is 11.6 Å². The molecule has 2 rings (SSSR count). The minimum absolute atomic E-state index is 0.0151. The molecule has 0 atom stereocenters. The number of benzene rings is 1. The van der Waals surface area contributed by atoms with Crippen LogP contribution in [-0.2, 0) is 6.18 Å². The molecule has 3 nitrogen and oxygen atoms in total. The van der Waals surface area contributed by atoms with E-state index in [-0.39, 0.29) is 16.9 Å². The highest BCUT2D eigenvalue weighted by Crippen LogP contribution is 2.35. The molecule has 0 unspecified atom stereocenters. The van der Waals surface area contributed by atoms with Gasteiger partial charge in [-0.3, -0.25) is 0 Å². The second kappa shape index (κ2) is 4.70. The van der Waals surface area contributed by atoms with Gasteiger partial charge in [-0.2, -0.15) is 13.2 Å². The highest BCUT2D eigenvalue weighted by atomic mass is 19.4. The minimum atomic E-state index is -4.50. The maximum atomic E-state index is 13.1. The molecule has 0 spiro atoms. The molecule has 0 saturated heterocycles. The van der Waals surface area contributed by atoms with Crippen LogP contribution in [0.4, 0.5) is 13.2 Å². The number of alkyl halides is 3. The van der Waals surface area contributed by atoms with Crippen molar-refractivity contribution in [3.05, 3.63) is 52.8 Å². The van der Waals surface area contributed by atoms with Crippen LogP contribution in [0.25, 0.3) is 5.69 Å². The third-order valence-corrected chi connectivity index (χ3v) is 3.09. The molecular weight excluding hydrogens is 271 g/mol. The summed E-state index contributed by atoms with van der Waals surface area (Å²) in [4.78, 5) is 11.0. The van der Waals surface area contributed by atoms with Crippen LogP contribution in [0.3, 0.4) is 0 Å². The highest BCUT2D eigenvalue weighted by molar-refractivity contribution is 5.89. The van der Waals surface area contributed by atoms with E-state index in [0.29, 0.717) is 5.56 Å². The third-order valence-electron chi connectivity index (χ3n) is 3.09. The SMILES string of the molecule is Cc1ccc(-n2ccc(C(=O)O)c2C)c(C(F)(F)F)c1. The van der Waals surface area contributed by atoms with Crippen LogP contribution in [0.2, 0.25) is 0 Å². The molecular formula is C14H12F3NO2. The number of carboxylic acid groups (broad SMARTS) is 1. The average molecular weight is 283 g/mol. The summed E-state index contributed by atoms with van der Waals surface area (Å²) in [5, 5.41) is 8.96. The molecule has 0 saturated carbocycles. The van der Waals surface area contributed by atoms with Crippen molar-refractivity contribution in [2.75, 3.05) is 0 Å². The number of aryl methyl sites for hydroxylation is 1. The topological polar surface area (TPSA) is 42.2 Å². The van der Waals surface area contributed by atoms with E-state index >= 15 is 0 Å². The lowest BCUT2D eigenvalue weighted by Gasteiger charge is -2.16. The van der Waals surface area contributed by atoms with Crippen LogP contribution in [-0.4, -0.2) is 15.6 Å². The number of carbonyl (C=O) groups is 1. The maximum absolute atomic E-state index is 13.1. The predicted octanol–water partition coefficient (Wildman–Crippen LogP) is 3.81. The summed E-state index contributed by atoms with van der Waals surface area (Å²) in [5.74, 6) is -1.16. The van der Waals surface area contributed by atoms with Gasteiger partial charge >= 0.3 is 12.1 Å². The maximum Gasteiger partial charge on any atom is 0.418 e.